The predicted octanol–water partition coefficient (Wildman–Crippen LogP) is 2.30. The molecule has 1 saturated heterocycles. The summed E-state index contributed by atoms with van der Waals surface area (Å²) >= 11 is 0. The van der Waals surface area contributed by atoms with Gasteiger partial charge in [0.2, 0.25) is 0 Å². The molecule has 1 heterocycles. The Kier molecular flexibility index (Phi) is 9.24. The average Bonchev–Trinajstić information content (AvgIpc) is 2.95. The Morgan fingerprint density at radius 2 is 1.88 bits per heavy atom. The van der Waals surface area contributed by atoms with Crippen LogP contribution in [0.5, 0.6) is 0 Å². The van der Waals surface area contributed by atoms with Crippen molar-refractivity contribution in [3.05, 3.63) is 0 Å². The van der Waals surface area contributed by atoms with E-state index >= 15 is 0 Å². The smallest absolute Gasteiger partial charge is 0.393 e. The molecule has 2 aliphatic rings. The summed E-state index contributed by atoms with van der Waals surface area (Å²) in [6, 6.07) is -1.41. The molecule has 148 valence electrons. The molecule has 0 aromatic heterocycles. The van der Waals surface area contributed by atoms with Crippen molar-refractivity contribution in [1.82, 2.24) is 15.1 Å². The minimum absolute atomic E-state index is 0. The van der Waals surface area contributed by atoms with Crippen molar-refractivity contribution in [3.63, 3.8) is 0 Å². The molecule has 2 N–H and O–H groups in total. The van der Waals surface area contributed by atoms with Crippen molar-refractivity contribution < 1.29 is 18.3 Å². The number of aliphatic hydroxyl groups excluding tert-OH is 1. The molecule has 0 spiro atoms. The zero-order chi connectivity index (χ0) is 17.7. The van der Waals surface area contributed by atoms with Gasteiger partial charge in [-0.2, -0.15) is 13.2 Å². The number of nitrogens with one attached hydrogen (secondary N) is 1. The molecule has 1 aliphatic heterocycles. The van der Waals surface area contributed by atoms with Gasteiger partial charge >= 0.3 is 6.18 Å². The fraction of sp³-hybridized carbons (Fsp3) is 0.938. The molecule has 0 aromatic carbocycles. The van der Waals surface area contributed by atoms with Crippen LogP contribution in [0.25, 0.3) is 0 Å². The lowest BCUT2D eigenvalue weighted by Gasteiger charge is -2.39. The van der Waals surface area contributed by atoms with Crippen molar-refractivity contribution in [2.75, 3.05) is 39.3 Å². The van der Waals surface area contributed by atoms with Crippen LogP contribution in [0.4, 0.5) is 13.2 Å². The molecule has 9 heteroatoms. The van der Waals surface area contributed by atoms with E-state index in [4.69, 9.17) is 0 Å². The molecular weight excluding hydrogens is 448 g/mol. The molecule has 1 saturated carbocycles. The maximum atomic E-state index is 12.8. The first-order valence-corrected chi connectivity index (χ1v) is 8.85. The number of nitrogens with zero attached hydrogens (tertiary/aromatic N) is 3. The number of hydrogen-bond acceptors (Lipinski definition) is 3. The van der Waals surface area contributed by atoms with Gasteiger partial charge in [-0.25, -0.2) is 0 Å². The van der Waals surface area contributed by atoms with Gasteiger partial charge in [0.15, 0.2) is 5.96 Å². The minimum Gasteiger partial charge on any atom is -0.393 e. The summed E-state index contributed by atoms with van der Waals surface area (Å²) in [5.41, 5.74) is 0. The van der Waals surface area contributed by atoms with Crippen molar-refractivity contribution >= 4 is 29.9 Å². The molecule has 5 nitrogen and oxygen atoms in total. The molecule has 2 fully saturated rings. The zero-order valence-electron chi connectivity index (χ0n) is 14.9. The lowest BCUT2D eigenvalue weighted by Crippen LogP contribution is -2.56. The number of aliphatic hydroxyl groups is 1. The van der Waals surface area contributed by atoms with Crippen molar-refractivity contribution in [2.24, 2.45) is 10.9 Å². The van der Waals surface area contributed by atoms with Crippen LogP contribution in [0, 0.1) is 5.92 Å². The van der Waals surface area contributed by atoms with Gasteiger partial charge in [-0.1, -0.05) is 6.42 Å². The van der Waals surface area contributed by atoms with E-state index in [-0.39, 0.29) is 36.0 Å². The molecule has 3 unspecified atom stereocenters. The molecule has 0 bridgehead atoms. The molecule has 0 aromatic rings. The van der Waals surface area contributed by atoms with Crippen LogP contribution in [0.3, 0.4) is 0 Å². The van der Waals surface area contributed by atoms with Crippen LogP contribution >= 0.6 is 24.0 Å². The normalized spacial score (nSPS) is 27.1. The maximum absolute atomic E-state index is 12.8. The highest BCUT2D eigenvalue weighted by Gasteiger charge is 2.41. The minimum atomic E-state index is -4.18. The third-order valence-corrected chi connectivity index (χ3v) is 5.06. The Labute approximate surface area is 165 Å². The van der Waals surface area contributed by atoms with Gasteiger partial charge < -0.3 is 15.3 Å². The SMILES string of the molecule is CCNC(=NCC1CCCC1O)N1CCN(C(C)C(F)(F)F)CC1.I. The first-order valence-electron chi connectivity index (χ1n) is 8.85. The van der Waals surface area contributed by atoms with Gasteiger partial charge in [-0.15, -0.1) is 24.0 Å². The molecule has 3 atom stereocenters. The summed E-state index contributed by atoms with van der Waals surface area (Å²) in [7, 11) is 0. The van der Waals surface area contributed by atoms with Crippen LogP contribution in [0.1, 0.15) is 33.1 Å². The van der Waals surface area contributed by atoms with Crippen LogP contribution in [-0.2, 0) is 0 Å². The number of halogens is 4. The second kappa shape index (κ2) is 10.1. The molecule has 0 radical (unpaired) electrons. The Morgan fingerprint density at radius 1 is 1.24 bits per heavy atom. The Hall–Kier alpha value is -0.290. The van der Waals surface area contributed by atoms with Gasteiger partial charge in [0, 0.05) is 45.2 Å². The first kappa shape index (κ1) is 22.8. The van der Waals surface area contributed by atoms with Gasteiger partial charge in [-0.05, 0) is 26.7 Å². The first-order chi connectivity index (χ1) is 11.3. The van der Waals surface area contributed by atoms with Crippen LogP contribution in [0.2, 0.25) is 0 Å². The number of aliphatic imine (C=N–C) groups is 1. The number of alkyl halides is 3. The van der Waals surface area contributed by atoms with Crippen molar-refractivity contribution in [1.29, 1.82) is 0 Å². The Morgan fingerprint density at radius 3 is 2.36 bits per heavy atom. The quantitative estimate of drug-likeness (QED) is 0.370. The van der Waals surface area contributed by atoms with Crippen LogP contribution < -0.4 is 5.32 Å². The van der Waals surface area contributed by atoms with E-state index in [0.717, 1.165) is 25.2 Å². The van der Waals surface area contributed by atoms with E-state index in [1.54, 1.807) is 0 Å². The third-order valence-electron chi connectivity index (χ3n) is 5.06. The molecule has 1 aliphatic carbocycles. The van der Waals surface area contributed by atoms with Crippen molar-refractivity contribution in [2.45, 2.75) is 51.4 Å². The molecular formula is C16H30F3IN4O. The highest BCUT2D eigenvalue weighted by Crippen LogP contribution is 2.26. The third kappa shape index (κ3) is 6.42. The standard InChI is InChI=1S/C16H29F3N4O.HI/c1-3-20-15(21-11-13-5-4-6-14(13)24)23-9-7-22(8-10-23)12(2)16(17,18)19;/h12-14,24H,3-11H2,1-2H3,(H,20,21);1H. The zero-order valence-corrected chi connectivity index (χ0v) is 17.3. The van der Waals surface area contributed by atoms with E-state index in [9.17, 15) is 18.3 Å². The summed E-state index contributed by atoms with van der Waals surface area (Å²) in [5, 5.41) is 13.1. The fourth-order valence-electron chi connectivity index (χ4n) is 3.39. The van der Waals surface area contributed by atoms with E-state index in [1.807, 2.05) is 11.8 Å². The highest BCUT2D eigenvalue weighted by molar-refractivity contribution is 14.0. The molecule has 25 heavy (non-hydrogen) atoms. The number of rotatable bonds is 4. The fourth-order valence-corrected chi connectivity index (χ4v) is 3.39. The summed E-state index contributed by atoms with van der Waals surface area (Å²) in [5.74, 6) is 0.945. The topological polar surface area (TPSA) is 51.1 Å². The lowest BCUT2D eigenvalue weighted by atomic mass is 10.1. The second-order valence-electron chi connectivity index (χ2n) is 6.69. The second-order valence-corrected chi connectivity index (χ2v) is 6.69. The van der Waals surface area contributed by atoms with E-state index in [1.165, 1.54) is 11.8 Å². The number of hydrogen-bond donors (Lipinski definition) is 2. The summed E-state index contributed by atoms with van der Waals surface area (Å²) < 4.78 is 38.5. The van der Waals surface area contributed by atoms with E-state index in [0.29, 0.717) is 39.3 Å². The summed E-state index contributed by atoms with van der Waals surface area (Å²) in [6.07, 6.45) is -1.60. The van der Waals surface area contributed by atoms with E-state index in [2.05, 4.69) is 10.3 Å². The van der Waals surface area contributed by atoms with E-state index < -0.39 is 12.2 Å². The average molecular weight is 478 g/mol. The van der Waals surface area contributed by atoms with Gasteiger partial charge in [-0.3, -0.25) is 9.89 Å². The maximum Gasteiger partial charge on any atom is 0.403 e. The Bertz CT molecular complexity index is 428. The van der Waals surface area contributed by atoms with Gasteiger partial charge in [0.25, 0.3) is 0 Å². The largest absolute Gasteiger partial charge is 0.403 e. The van der Waals surface area contributed by atoms with Crippen LogP contribution in [-0.4, -0.2) is 78.5 Å². The summed E-state index contributed by atoms with van der Waals surface area (Å²) in [6.45, 7) is 6.28. The lowest BCUT2D eigenvalue weighted by molar-refractivity contribution is -0.181. The highest BCUT2D eigenvalue weighted by atomic mass is 127. The number of guanidine groups is 1. The predicted molar refractivity (Wildman–Crippen MR) is 103 cm³/mol. The van der Waals surface area contributed by atoms with Gasteiger partial charge in [0.1, 0.15) is 6.04 Å². The summed E-state index contributed by atoms with van der Waals surface area (Å²) in [4.78, 5) is 8.11. The molecule has 2 rings (SSSR count). The monoisotopic (exact) mass is 478 g/mol. The van der Waals surface area contributed by atoms with Crippen LogP contribution in [0.15, 0.2) is 4.99 Å². The van der Waals surface area contributed by atoms with Crippen molar-refractivity contribution in [3.8, 4) is 0 Å². The number of piperazine rings is 1. The Balaban J connectivity index is 0.00000312. The van der Waals surface area contributed by atoms with Gasteiger partial charge in [0.05, 0.1) is 6.10 Å². The molecule has 0 amide bonds.